The number of phenols is 1. The minimum atomic E-state index is -0.570. The summed E-state index contributed by atoms with van der Waals surface area (Å²) in [5.74, 6) is 0.849. The zero-order valence-electron chi connectivity index (χ0n) is 19.2. The Labute approximate surface area is 207 Å². The van der Waals surface area contributed by atoms with E-state index in [2.05, 4.69) is 15.6 Å². The molecule has 0 spiro atoms. The number of aromatic nitrogens is 1. The minimum absolute atomic E-state index is 0.0554. The molecule has 1 amide bonds. The first-order chi connectivity index (χ1) is 17.0. The number of epoxide rings is 1. The molecule has 2 atom stereocenters. The van der Waals surface area contributed by atoms with E-state index in [9.17, 15) is 18.7 Å². The molecule has 2 aliphatic heterocycles. The largest absolute Gasteiger partial charge is 0.507 e. The SMILES string of the molecule is O=C(NC1CCC(NC2OC2c2cc(F)cnc2OC2CCSCC2)CC1)c1cc(F)ccc1O. The molecule has 2 aromatic rings. The average molecular weight is 506 g/mol. The topological polar surface area (TPSA) is 96.0 Å². The standard InChI is InChI=1S/C25H29F2N3O4S/c26-14-1-6-21(31)19(11-14)23(32)29-16-2-4-17(5-3-16)30-25-22(34-25)20-12-15(27)13-28-24(20)33-18-7-9-35-10-8-18/h1,6,11-13,16-18,22,25,30-31H,2-5,7-10H2,(H,29,32). The molecule has 7 nitrogen and oxygen atoms in total. The van der Waals surface area contributed by atoms with E-state index in [4.69, 9.17) is 9.47 Å². The van der Waals surface area contributed by atoms with Crippen molar-refractivity contribution < 1.29 is 28.2 Å². The quantitative estimate of drug-likeness (QED) is 0.488. The van der Waals surface area contributed by atoms with Gasteiger partial charge in [-0.15, -0.1) is 0 Å². The molecular formula is C25H29F2N3O4S. The second-order valence-corrected chi connectivity index (χ2v) is 10.5. The van der Waals surface area contributed by atoms with Gasteiger partial charge in [0.05, 0.1) is 17.3 Å². The van der Waals surface area contributed by atoms with E-state index in [1.54, 1.807) is 0 Å². The van der Waals surface area contributed by atoms with Crippen molar-refractivity contribution in [3.05, 3.63) is 53.2 Å². The smallest absolute Gasteiger partial charge is 0.255 e. The number of halogens is 2. The summed E-state index contributed by atoms with van der Waals surface area (Å²) in [4.78, 5) is 16.6. The molecule has 2 unspecified atom stereocenters. The summed E-state index contributed by atoms with van der Waals surface area (Å²) >= 11 is 1.91. The number of rotatable bonds is 7. The summed E-state index contributed by atoms with van der Waals surface area (Å²) < 4.78 is 39.3. The summed E-state index contributed by atoms with van der Waals surface area (Å²) in [6.07, 6.45) is 5.76. The van der Waals surface area contributed by atoms with Crippen LogP contribution in [0.2, 0.25) is 0 Å². The van der Waals surface area contributed by atoms with Crippen LogP contribution < -0.4 is 15.4 Å². The van der Waals surface area contributed by atoms with E-state index in [0.717, 1.165) is 62.2 Å². The van der Waals surface area contributed by atoms with Crippen molar-refractivity contribution in [2.24, 2.45) is 0 Å². The molecule has 2 saturated heterocycles. The fourth-order valence-electron chi connectivity index (χ4n) is 4.76. The lowest BCUT2D eigenvalue weighted by Crippen LogP contribution is -2.43. The van der Waals surface area contributed by atoms with E-state index in [0.29, 0.717) is 11.4 Å². The number of amides is 1. The molecule has 3 heterocycles. The lowest BCUT2D eigenvalue weighted by molar-refractivity contribution is 0.0920. The molecule has 3 fully saturated rings. The zero-order chi connectivity index (χ0) is 24.4. The third kappa shape index (κ3) is 6.05. The first kappa shape index (κ1) is 24.3. The lowest BCUT2D eigenvalue weighted by Gasteiger charge is -2.29. The van der Waals surface area contributed by atoms with Crippen molar-refractivity contribution in [3.8, 4) is 11.6 Å². The van der Waals surface area contributed by atoms with Gasteiger partial charge in [0.25, 0.3) is 5.91 Å². The molecule has 1 aromatic carbocycles. The Morgan fingerprint density at radius 3 is 2.57 bits per heavy atom. The Bertz CT molecular complexity index is 1060. The van der Waals surface area contributed by atoms with Crippen LogP contribution >= 0.6 is 11.8 Å². The zero-order valence-corrected chi connectivity index (χ0v) is 20.0. The average Bonchev–Trinajstić information content (AvgIpc) is 3.62. The number of benzene rings is 1. The minimum Gasteiger partial charge on any atom is -0.507 e. The molecule has 1 aliphatic carbocycles. The fraction of sp³-hybridized carbons (Fsp3) is 0.520. The van der Waals surface area contributed by atoms with Gasteiger partial charge in [-0.3, -0.25) is 10.1 Å². The van der Waals surface area contributed by atoms with Gasteiger partial charge in [-0.2, -0.15) is 11.8 Å². The number of phenolic OH excluding ortho intramolecular Hbond substituents is 1. The van der Waals surface area contributed by atoms with Crippen LogP contribution in [0, 0.1) is 11.6 Å². The van der Waals surface area contributed by atoms with Gasteiger partial charge in [0.15, 0.2) is 0 Å². The van der Waals surface area contributed by atoms with Crippen LogP contribution in [0.4, 0.5) is 8.78 Å². The van der Waals surface area contributed by atoms with Crippen molar-refractivity contribution in [1.29, 1.82) is 0 Å². The monoisotopic (exact) mass is 505 g/mol. The Kier molecular flexibility index (Phi) is 7.40. The molecule has 3 N–H and O–H groups in total. The molecule has 35 heavy (non-hydrogen) atoms. The van der Waals surface area contributed by atoms with Gasteiger partial charge in [-0.05, 0) is 74.3 Å². The molecule has 5 rings (SSSR count). The highest BCUT2D eigenvalue weighted by molar-refractivity contribution is 7.99. The maximum absolute atomic E-state index is 13.9. The highest BCUT2D eigenvalue weighted by atomic mass is 32.2. The molecule has 1 saturated carbocycles. The molecule has 10 heteroatoms. The summed E-state index contributed by atoms with van der Waals surface area (Å²) in [5, 5.41) is 16.2. The van der Waals surface area contributed by atoms with Gasteiger partial charge in [-0.25, -0.2) is 13.8 Å². The number of carbonyl (C=O) groups excluding carboxylic acids is 1. The number of ether oxygens (including phenoxy) is 2. The predicted octanol–water partition coefficient (Wildman–Crippen LogP) is 4.07. The van der Waals surface area contributed by atoms with E-state index >= 15 is 0 Å². The molecule has 1 aromatic heterocycles. The number of nitrogens with one attached hydrogen (secondary N) is 2. The van der Waals surface area contributed by atoms with Gasteiger partial charge in [0.1, 0.15) is 35.8 Å². The van der Waals surface area contributed by atoms with Crippen LogP contribution in [0.25, 0.3) is 0 Å². The third-order valence-corrected chi connectivity index (χ3v) is 7.80. The number of carbonyl (C=O) groups is 1. The van der Waals surface area contributed by atoms with Gasteiger partial charge >= 0.3 is 0 Å². The van der Waals surface area contributed by atoms with Crippen LogP contribution in [-0.2, 0) is 4.74 Å². The Morgan fingerprint density at radius 2 is 1.80 bits per heavy atom. The van der Waals surface area contributed by atoms with Gasteiger partial charge < -0.3 is 19.9 Å². The van der Waals surface area contributed by atoms with Crippen molar-refractivity contribution in [3.63, 3.8) is 0 Å². The number of pyridine rings is 1. The number of thioether (sulfide) groups is 1. The highest BCUT2D eigenvalue weighted by Gasteiger charge is 2.44. The van der Waals surface area contributed by atoms with Gasteiger partial charge in [-0.1, -0.05) is 0 Å². The van der Waals surface area contributed by atoms with Crippen molar-refractivity contribution in [1.82, 2.24) is 15.6 Å². The fourth-order valence-corrected chi connectivity index (χ4v) is 5.83. The van der Waals surface area contributed by atoms with Crippen molar-refractivity contribution >= 4 is 17.7 Å². The second kappa shape index (κ2) is 10.7. The van der Waals surface area contributed by atoms with E-state index in [-0.39, 0.29) is 41.8 Å². The normalized spacial score (nSPS) is 26.8. The number of hydrogen-bond donors (Lipinski definition) is 3. The third-order valence-electron chi connectivity index (χ3n) is 6.76. The van der Waals surface area contributed by atoms with Gasteiger partial charge in [0.2, 0.25) is 5.88 Å². The molecule has 0 bridgehead atoms. The Morgan fingerprint density at radius 1 is 1.06 bits per heavy atom. The Balaban J connectivity index is 1.12. The van der Waals surface area contributed by atoms with E-state index in [1.807, 2.05) is 11.8 Å². The maximum Gasteiger partial charge on any atom is 0.255 e. The van der Waals surface area contributed by atoms with E-state index < -0.39 is 17.5 Å². The molecule has 188 valence electrons. The first-order valence-corrected chi connectivity index (χ1v) is 13.2. The lowest BCUT2D eigenvalue weighted by atomic mass is 9.90. The van der Waals surface area contributed by atoms with Crippen molar-refractivity contribution in [2.45, 2.75) is 69.0 Å². The van der Waals surface area contributed by atoms with Crippen LogP contribution in [-0.4, -0.2) is 51.9 Å². The summed E-state index contributed by atoms with van der Waals surface area (Å²) in [6.45, 7) is 0. The molecular weight excluding hydrogens is 476 g/mol. The highest BCUT2D eigenvalue weighted by Crippen LogP contribution is 2.42. The number of nitrogens with zero attached hydrogens (tertiary/aromatic N) is 1. The summed E-state index contributed by atoms with van der Waals surface area (Å²) in [7, 11) is 0. The summed E-state index contributed by atoms with van der Waals surface area (Å²) in [6, 6.07) is 4.91. The van der Waals surface area contributed by atoms with Crippen LogP contribution in [0.15, 0.2) is 30.5 Å². The van der Waals surface area contributed by atoms with Crippen LogP contribution in [0.5, 0.6) is 11.6 Å². The number of aromatic hydroxyl groups is 1. The summed E-state index contributed by atoms with van der Waals surface area (Å²) in [5.41, 5.74) is 0.574. The van der Waals surface area contributed by atoms with Crippen LogP contribution in [0.1, 0.15) is 60.6 Å². The predicted molar refractivity (Wildman–Crippen MR) is 127 cm³/mol. The number of hydrogen-bond acceptors (Lipinski definition) is 7. The van der Waals surface area contributed by atoms with E-state index in [1.165, 1.54) is 18.3 Å². The molecule has 0 radical (unpaired) electrons. The van der Waals surface area contributed by atoms with Crippen molar-refractivity contribution in [2.75, 3.05) is 11.5 Å². The van der Waals surface area contributed by atoms with Gasteiger partial charge in [0, 0.05) is 12.1 Å². The maximum atomic E-state index is 13.9. The first-order valence-electron chi connectivity index (χ1n) is 12.1. The second-order valence-electron chi connectivity index (χ2n) is 9.30. The Hall–Kier alpha value is -2.43. The molecule has 3 aliphatic rings. The van der Waals surface area contributed by atoms with Crippen LogP contribution in [0.3, 0.4) is 0 Å².